The highest BCUT2D eigenvalue weighted by Crippen LogP contribution is 2.53. The standard InChI is InChI=1S/C30H42N2/c1-22-14-10-12-20-27(22)31-24(3)32(28-21-13-11-15-23(28)2)30(26-18-8-5-9-19-26)29(31)25-16-6-4-7-17-25/h4-9,16-19,22-24,27-30H,10-15,20-21H2,1-3H3/t22-,23+,24?,27-,28-,29-,30-/m1/s1. The highest BCUT2D eigenvalue weighted by atomic mass is 15.5. The first-order chi connectivity index (χ1) is 15.7. The van der Waals surface area contributed by atoms with Gasteiger partial charge in [0.25, 0.3) is 0 Å². The van der Waals surface area contributed by atoms with E-state index in [1.807, 2.05) is 0 Å². The first-order valence-corrected chi connectivity index (χ1v) is 13.3. The predicted molar refractivity (Wildman–Crippen MR) is 134 cm³/mol. The monoisotopic (exact) mass is 430 g/mol. The van der Waals surface area contributed by atoms with E-state index in [-0.39, 0.29) is 0 Å². The number of hydrogen-bond acceptors (Lipinski definition) is 2. The van der Waals surface area contributed by atoms with Crippen LogP contribution in [0.1, 0.15) is 95.3 Å². The number of benzene rings is 2. The summed E-state index contributed by atoms with van der Waals surface area (Å²) < 4.78 is 0. The van der Waals surface area contributed by atoms with Gasteiger partial charge in [0.1, 0.15) is 0 Å². The van der Waals surface area contributed by atoms with E-state index in [2.05, 4.69) is 91.2 Å². The Hall–Kier alpha value is -1.64. The molecule has 172 valence electrons. The van der Waals surface area contributed by atoms with Crippen LogP contribution in [0.3, 0.4) is 0 Å². The Kier molecular flexibility index (Phi) is 6.71. The largest absolute Gasteiger partial charge is 0.276 e. The molecule has 0 bridgehead atoms. The maximum atomic E-state index is 2.97. The van der Waals surface area contributed by atoms with Gasteiger partial charge in [0, 0.05) is 12.1 Å². The van der Waals surface area contributed by atoms with E-state index in [9.17, 15) is 0 Å². The van der Waals surface area contributed by atoms with Crippen LogP contribution in [0, 0.1) is 11.8 Å². The van der Waals surface area contributed by atoms with Crippen molar-refractivity contribution in [3.8, 4) is 0 Å². The van der Waals surface area contributed by atoms with E-state index in [4.69, 9.17) is 0 Å². The van der Waals surface area contributed by atoms with Gasteiger partial charge in [0.05, 0.1) is 18.2 Å². The van der Waals surface area contributed by atoms with Crippen LogP contribution in [0.15, 0.2) is 60.7 Å². The van der Waals surface area contributed by atoms with Crippen LogP contribution in [-0.2, 0) is 0 Å². The lowest BCUT2D eigenvalue weighted by molar-refractivity contribution is 0.00795. The minimum atomic E-state index is 0.424. The van der Waals surface area contributed by atoms with Gasteiger partial charge in [-0.3, -0.25) is 9.80 Å². The topological polar surface area (TPSA) is 6.48 Å². The third-order valence-electron chi connectivity index (χ3n) is 8.98. The van der Waals surface area contributed by atoms with Crippen molar-refractivity contribution in [2.45, 2.75) is 102 Å². The van der Waals surface area contributed by atoms with Crippen molar-refractivity contribution < 1.29 is 0 Å². The summed E-state index contributed by atoms with van der Waals surface area (Å²) >= 11 is 0. The molecule has 2 heteroatoms. The molecule has 2 nitrogen and oxygen atoms in total. The molecule has 1 saturated heterocycles. The summed E-state index contributed by atoms with van der Waals surface area (Å²) in [7, 11) is 0. The van der Waals surface area contributed by atoms with E-state index in [0.717, 1.165) is 11.8 Å². The zero-order valence-corrected chi connectivity index (χ0v) is 20.4. The van der Waals surface area contributed by atoms with Crippen molar-refractivity contribution in [3.63, 3.8) is 0 Å². The maximum absolute atomic E-state index is 2.97. The fourth-order valence-electron chi connectivity index (χ4n) is 7.40. The van der Waals surface area contributed by atoms with E-state index in [1.165, 1.54) is 62.5 Å². The summed E-state index contributed by atoms with van der Waals surface area (Å²) in [6.07, 6.45) is 11.5. The molecule has 2 aromatic rings. The Bertz CT molecular complexity index is 778. The summed E-state index contributed by atoms with van der Waals surface area (Å²) in [5.41, 5.74) is 2.99. The summed E-state index contributed by atoms with van der Waals surface area (Å²) in [5.74, 6) is 1.55. The van der Waals surface area contributed by atoms with Crippen LogP contribution in [0.25, 0.3) is 0 Å². The second kappa shape index (κ2) is 9.69. The molecule has 7 atom stereocenters. The molecule has 0 aromatic heterocycles. The van der Waals surface area contributed by atoms with E-state index < -0.39 is 0 Å². The van der Waals surface area contributed by atoms with Gasteiger partial charge in [-0.2, -0.15) is 0 Å². The molecule has 1 heterocycles. The van der Waals surface area contributed by atoms with Crippen molar-refractivity contribution in [1.82, 2.24) is 9.80 Å². The molecule has 5 rings (SSSR count). The van der Waals surface area contributed by atoms with Crippen molar-refractivity contribution in [2.75, 3.05) is 0 Å². The Morgan fingerprint density at radius 3 is 1.28 bits per heavy atom. The lowest BCUT2D eigenvalue weighted by Crippen LogP contribution is -2.50. The third kappa shape index (κ3) is 4.05. The minimum absolute atomic E-state index is 0.424. The molecule has 2 aliphatic carbocycles. The summed E-state index contributed by atoms with van der Waals surface area (Å²) in [6.45, 7) is 7.56. The molecule has 3 aliphatic rings. The van der Waals surface area contributed by atoms with Crippen LogP contribution in [0.2, 0.25) is 0 Å². The highest BCUT2D eigenvalue weighted by molar-refractivity contribution is 5.31. The average molecular weight is 431 g/mol. The molecule has 3 fully saturated rings. The van der Waals surface area contributed by atoms with Crippen LogP contribution in [-0.4, -0.2) is 28.0 Å². The fourth-order valence-corrected chi connectivity index (χ4v) is 7.40. The molecule has 0 N–H and O–H groups in total. The van der Waals surface area contributed by atoms with Crippen molar-refractivity contribution in [1.29, 1.82) is 0 Å². The first-order valence-electron chi connectivity index (χ1n) is 13.3. The van der Waals surface area contributed by atoms with Gasteiger partial charge >= 0.3 is 0 Å². The summed E-state index contributed by atoms with van der Waals surface area (Å²) in [5, 5.41) is 0. The fraction of sp³-hybridized carbons (Fsp3) is 0.600. The number of rotatable bonds is 4. The first kappa shape index (κ1) is 22.2. The third-order valence-corrected chi connectivity index (χ3v) is 8.98. The molecule has 0 radical (unpaired) electrons. The maximum Gasteiger partial charge on any atom is 0.0611 e. The summed E-state index contributed by atoms with van der Waals surface area (Å²) in [6, 6.07) is 25.1. The van der Waals surface area contributed by atoms with Gasteiger partial charge in [-0.1, -0.05) is 100 Å². The number of hydrogen-bond donors (Lipinski definition) is 0. The van der Waals surface area contributed by atoms with Crippen LogP contribution < -0.4 is 0 Å². The van der Waals surface area contributed by atoms with Crippen LogP contribution >= 0.6 is 0 Å². The molecule has 32 heavy (non-hydrogen) atoms. The molecule has 2 aromatic carbocycles. The van der Waals surface area contributed by atoms with Gasteiger partial charge < -0.3 is 0 Å². The second-order valence-corrected chi connectivity index (χ2v) is 10.9. The normalized spacial score (nSPS) is 36.9. The quantitative estimate of drug-likeness (QED) is 0.493. The van der Waals surface area contributed by atoms with Crippen LogP contribution in [0.4, 0.5) is 0 Å². The van der Waals surface area contributed by atoms with E-state index in [1.54, 1.807) is 0 Å². The Morgan fingerprint density at radius 2 is 0.906 bits per heavy atom. The zero-order chi connectivity index (χ0) is 22.1. The number of nitrogens with zero attached hydrogens (tertiary/aromatic N) is 2. The SMILES string of the molecule is CC1N([C@@H]2CCCC[C@H]2C)[C@H](c2ccccc2)[C@@H](c2ccccc2)N1[C@@H]1CCCC[C@@H]1C. The molecular weight excluding hydrogens is 388 g/mol. The molecule has 1 unspecified atom stereocenters. The Balaban J connectivity index is 1.64. The summed E-state index contributed by atoms with van der Waals surface area (Å²) in [4.78, 5) is 5.94. The van der Waals surface area contributed by atoms with E-state index >= 15 is 0 Å². The molecule has 0 amide bonds. The highest BCUT2D eigenvalue weighted by Gasteiger charge is 2.52. The van der Waals surface area contributed by atoms with Gasteiger partial charge in [-0.15, -0.1) is 0 Å². The minimum Gasteiger partial charge on any atom is -0.276 e. The lowest BCUT2D eigenvalue weighted by Gasteiger charge is -2.44. The van der Waals surface area contributed by atoms with Crippen molar-refractivity contribution in [3.05, 3.63) is 71.8 Å². The zero-order valence-electron chi connectivity index (χ0n) is 20.4. The van der Waals surface area contributed by atoms with Gasteiger partial charge in [-0.25, -0.2) is 0 Å². The molecule has 0 spiro atoms. The Labute approximate surface area is 196 Å². The average Bonchev–Trinajstić information content (AvgIpc) is 3.13. The molecule has 1 aliphatic heterocycles. The van der Waals surface area contributed by atoms with Gasteiger partial charge in [-0.05, 0) is 55.6 Å². The van der Waals surface area contributed by atoms with Crippen molar-refractivity contribution in [2.24, 2.45) is 11.8 Å². The van der Waals surface area contributed by atoms with Crippen LogP contribution in [0.5, 0.6) is 0 Å². The molecule has 2 saturated carbocycles. The Morgan fingerprint density at radius 1 is 0.531 bits per heavy atom. The van der Waals surface area contributed by atoms with Crippen molar-refractivity contribution >= 4 is 0 Å². The second-order valence-electron chi connectivity index (χ2n) is 10.9. The van der Waals surface area contributed by atoms with Gasteiger partial charge in [0.2, 0.25) is 0 Å². The lowest BCUT2D eigenvalue weighted by atomic mass is 9.82. The van der Waals surface area contributed by atoms with Gasteiger partial charge in [0.15, 0.2) is 0 Å². The predicted octanol–water partition coefficient (Wildman–Crippen LogP) is 7.59. The van der Waals surface area contributed by atoms with E-state index in [0.29, 0.717) is 30.3 Å². The smallest absolute Gasteiger partial charge is 0.0611 e. The molecular formula is C30H42N2.